The molecule has 1 fully saturated rings. The molecule has 2 aromatic rings. The van der Waals surface area contributed by atoms with Crippen molar-refractivity contribution in [2.24, 2.45) is 11.8 Å². The fraction of sp³-hybridized carbons (Fsp3) is 0.391. The number of aryl methyl sites for hydroxylation is 1. The number of nitrogens with one attached hydrogen (secondary N) is 2. The van der Waals surface area contributed by atoms with Crippen molar-refractivity contribution in [3.63, 3.8) is 0 Å². The zero-order valence-corrected chi connectivity index (χ0v) is 16.6. The zero-order chi connectivity index (χ0) is 20.2. The second kappa shape index (κ2) is 8.55. The third kappa shape index (κ3) is 4.70. The summed E-state index contributed by atoms with van der Waals surface area (Å²) >= 11 is 0. The second-order valence-electron chi connectivity index (χ2n) is 7.81. The van der Waals surface area contributed by atoms with E-state index in [9.17, 15) is 9.59 Å². The monoisotopic (exact) mass is 394 g/mol. The van der Waals surface area contributed by atoms with Crippen LogP contribution in [-0.4, -0.2) is 18.6 Å². The molecule has 2 N–H and O–H groups in total. The van der Waals surface area contributed by atoms with Crippen molar-refractivity contribution < 1.29 is 19.1 Å². The molecule has 2 amide bonds. The highest BCUT2D eigenvalue weighted by atomic mass is 16.7. The summed E-state index contributed by atoms with van der Waals surface area (Å²) in [6.45, 7) is 2.80. The van der Waals surface area contributed by atoms with Crippen molar-refractivity contribution in [2.45, 2.75) is 39.2 Å². The molecule has 4 rings (SSSR count). The predicted molar refractivity (Wildman–Crippen MR) is 110 cm³/mol. The third-order valence-electron chi connectivity index (χ3n) is 5.70. The van der Waals surface area contributed by atoms with Gasteiger partial charge in [-0.05, 0) is 50.3 Å². The minimum atomic E-state index is -0.0680. The lowest BCUT2D eigenvalue weighted by Crippen LogP contribution is -2.35. The minimum Gasteiger partial charge on any atom is -0.454 e. The quantitative estimate of drug-likeness (QED) is 0.809. The number of carbonyl (C=O) groups excluding carboxylic acids is 2. The fourth-order valence-electron chi connectivity index (χ4n) is 3.88. The molecular formula is C23H26N2O4. The predicted octanol–water partition coefficient (Wildman–Crippen LogP) is 3.79. The molecule has 1 aliphatic carbocycles. The van der Waals surface area contributed by atoms with E-state index in [0.717, 1.165) is 31.2 Å². The van der Waals surface area contributed by atoms with Crippen LogP contribution in [0, 0.1) is 18.8 Å². The average molecular weight is 394 g/mol. The van der Waals surface area contributed by atoms with Gasteiger partial charge in [-0.1, -0.05) is 29.8 Å². The van der Waals surface area contributed by atoms with Gasteiger partial charge in [-0.15, -0.1) is 0 Å². The molecule has 6 heteroatoms. The lowest BCUT2D eigenvalue weighted by atomic mass is 9.81. The number of benzene rings is 2. The highest BCUT2D eigenvalue weighted by Crippen LogP contribution is 2.35. The van der Waals surface area contributed by atoms with Crippen LogP contribution >= 0.6 is 0 Å². The van der Waals surface area contributed by atoms with Gasteiger partial charge >= 0.3 is 0 Å². The van der Waals surface area contributed by atoms with E-state index in [1.165, 1.54) is 5.56 Å². The molecule has 6 nitrogen and oxygen atoms in total. The smallest absolute Gasteiger partial charge is 0.231 e. The molecule has 0 radical (unpaired) electrons. The van der Waals surface area contributed by atoms with Gasteiger partial charge < -0.3 is 20.1 Å². The van der Waals surface area contributed by atoms with Crippen molar-refractivity contribution in [3.8, 4) is 11.5 Å². The summed E-state index contributed by atoms with van der Waals surface area (Å²) < 4.78 is 10.6. The molecule has 0 atom stereocenters. The Morgan fingerprint density at radius 2 is 1.55 bits per heavy atom. The van der Waals surface area contributed by atoms with Crippen LogP contribution in [0.1, 0.15) is 36.8 Å². The molecule has 1 heterocycles. The van der Waals surface area contributed by atoms with E-state index in [4.69, 9.17) is 9.47 Å². The first kappa shape index (κ1) is 19.3. The van der Waals surface area contributed by atoms with Crippen LogP contribution in [0.25, 0.3) is 0 Å². The molecule has 0 unspecified atom stereocenters. The van der Waals surface area contributed by atoms with E-state index in [-0.39, 0.29) is 30.4 Å². The molecule has 152 valence electrons. The van der Waals surface area contributed by atoms with E-state index in [1.807, 2.05) is 37.3 Å². The lowest BCUT2D eigenvalue weighted by molar-refractivity contribution is -0.128. The van der Waals surface area contributed by atoms with E-state index in [0.29, 0.717) is 23.7 Å². The standard InChI is InChI=1S/C23H26N2O4/c1-15-2-4-16(5-3-15)13-24-22(26)17-6-8-18(9-7-17)23(27)25-19-10-11-20-21(12-19)29-14-28-20/h2-5,10-12,17-18H,6-9,13-14H2,1H3,(H,24,26)(H,25,27). The Morgan fingerprint density at radius 3 is 2.28 bits per heavy atom. The van der Waals surface area contributed by atoms with Gasteiger partial charge in [0.25, 0.3) is 0 Å². The van der Waals surface area contributed by atoms with Crippen LogP contribution in [0.2, 0.25) is 0 Å². The Kier molecular flexibility index (Phi) is 5.69. The molecule has 0 saturated heterocycles. The Hall–Kier alpha value is -3.02. The van der Waals surface area contributed by atoms with E-state index in [1.54, 1.807) is 12.1 Å². The van der Waals surface area contributed by atoms with Crippen LogP contribution in [-0.2, 0) is 16.1 Å². The summed E-state index contributed by atoms with van der Waals surface area (Å²) in [5.74, 6) is 1.34. The van der Waals surface area contributed by atoms with Gasteiger partial charge in [0.05, 0.1) is 0 Å². The number of anilines is 1. The molecule has 0 aromatic heterocycles. The van der Waals surface area contributed by atoms with E-state index < -0.39 is 0 Å². The van der Waals surface area contributed by atoms with Gasteiger partial charge in [0.1, 0.15) is 0 Å². The Balaban J connectivity index is 1.23. The minimum absolute atomic E-state index is 0.00220. The molecule has 1 saturated carbocycles. The summed E-state index contributed by atoms with van der Waals surface area (Å²) in [5, 5.41) is 5.99. The second-order valence-corrected chi connectivity index (χ2v) is 7.81. The summed E-state index contributed by atoms with van der Waals surface area (Å²) in [6.07, 6.45) is 2.91. The largest absolute Gasteiger partial charge is 0.454 e. The van der Waals surface area contributed by atoms with Gasteiger partial charge in [-0.2, -0.15) is 0 Å². The number of hydrogen-bond acceptors (Lipinski definition) is 4. The first-order chi connectivity index (χ1) is 14.1. The van der Waals surface area contributed by atoms with Crippen LogP contribution < -0.4 is 20.1 Å². The maximum atomic E-state index is 12.6. The molecule has 0 spiro atoms. The number of rotatable bonds is 5. The average Bonchev–Trinajstić information content (AvgIpc) is 3.21. The van der Waals surface area contributed by atoms with Gasteiger partial charge in [0, 0.05) is 30.1 Å². The topological polar surface area (TPSA) is 76.7 Å². The van der Waals surface area contributed by atoms with E-state index >= 15 is 0 Å². The normalized spacial score (nSPS) is 20.2. The van der Waals surface area contributed by atoms with Crippen molar-refractivity contribution >= 4 is 17.5 Å². The number of hydrogen-bond donors (Lipinski definition) is 2. The van der Waals surface area contributed by atoms with Gasteiger partial charge in [0.15, 0.2) is 11.5 Å². The Morgan fingerprint density at radius 1 is 0.897 bits per heavy atom. The van der Waals surface area contributed by atoms with Gasteiger partial charge in [-0.3, -0.25) is 9.59 Å². The molecule has 2 aliphatic rings. The van der Waals surface area contributed by atoms with Crippen molar-refractivity contribution in [2.75, 3.05) is 12.1 Å². The Labute approximate surface area is 170 Å². The van der Waals surface area contributed by atoms with Gasteiger partial charge in [0.2, 0.25) is 18.6 Å². The summed E-state index contributed by atoms with van der Waals surface area (Å²) in [5.41, 5.74) is 3.01. The molecule has 29 heavy (non-hydrogen) atoms. The fourth-order valence-corrected chi connectivity index (χ4v) is 3.88. The van der Waals surface area contributed by atoms with Crippen LogP contribution in [0.15, 0.2) is 42.5 Å². The molecular weight excluding hydrogens is 368 g/mol. The number of amides is 2. The summed E-state index contributed by atoms with van der Waals surface area (Å²) in [6, 6.07) is 13.6. The van der Waals surface area contributed by atoms with E-state index in [2.05, 4.69) is 10.6 Å². The number of carbonyl (C=O) groups is 2. The zero-order valence-electron chi connectivity index (χ0n) is 16.6. The highest BCUT2D eigenvalue weighted by molar-refractivity contribution is 5.93. The van der Waals surface area contributed by atoms with Crippen LogP contribution in [0.4, 0.5) is 5.69 Å². The maximum absolute atomic E-state index is 12.6. The van der Waals surface area contributed by atoms with Gasteiger partial charge in [-0.25, -0.2) is 0 Å². The first-order valence-electron chi connectivity index (χ1n) is 10.1. The summed E-state index contributed by atoms with van der Waals surface area (Å²) in [7, 11) is 0. The number of fused-ring (bicyclic) bond motifs is 1. The first-order valence-corrected chi connectivity index (χ1v) is 10.1. The van der Waals surface area contributed by atoms with Crippen molar-refractivity contribution in [1.82, 2.24) is 5.32 Å². The third-order valence-corrected chi connectivity index (χ3v) is 5.70. The molecule has 2 aromatic carbocycles. The molecule has 1 aliphatic heterocycles. The molecule has 0 bridgehead atoms. The van der Waals surface area contributed by atoms with Crippen molar-refractivity contribution in [3.05, 3.63) is 53.6 Å². The summed E-state index contributed by atoms with van der Waals surface area (Å²) in [4.78, 5) is 25.1. The lowest BCUT2D eigenvalue weighted by Gasteiger charge is -2.27. The Bertz CT molecular complexity index is 886. The van der Waals surface area contributed by atoms with Crippen LogP contribution in [0.5, 0.6) is 11.5 Å². The van der Waals surface area contributed by atoms with Crippen LogP contribution in [0.3, 0.4) is 0 Å². The maximum Gasteiger partial charge on any atom is 0.231 e. The number of ether oxygens (including phenoxy) is 2. The van der Waals surface area contributed by atoms with Crippen molar-refractivity contribution in [1.29, 1.82) is 0 Å². The highest BCUT2D eigenvalue weighted by Gasteiger charge is 2.30. The SMILES string of the molecule is Cc1ccc(CNC(=O)C2CCC(C(=O)Nc3ccc4c(c3)OCO4)CC2)cc1.